The van der Waals surface area contributed by atoms with Gasteiger partial charge in [-0.15, -0.1) is 0 Å². The van der Waals surface area contributed by atoms with Crippen molar-refractivity contribution in [1.82, 2.24) is 10.2 Å². The van der Waals surface area contributed by atoms with Crippen LogP contribution in [0.25, 0.3) is 0 Å². The van der Waals surface area contributed by atoms with Crippen LogP contribution in [0.3, 0.4) is 0 Å². The van der Waals surface area contributed by atoms with E-state index in [4.69, 9.17) is 5.11 Å². The third-order valence-corrected chi connectivity index (χ3v) is 2.86. The molecule has 0 aliphatic rings. The minimum Gasteiger partial charge on any atom is -0.480 e. The largest absolute Gasteiger partial charge is 0.480 e. The maximum Gasteiger partial charge on any atom is 0.317 e. The molecule has 5 heteroatoms. The van der Waals surface area contributed by atoms with E-state index in [0.717, 1.165) is 25.7 Å². The number of carbonyl (C=O) groups is 2. The monoisotopic (exact) mass is 258 g/mol. The molecule has 1 unspecified atom stereocenters. The van der Waals surface area contributed by atoms with E-state index in [-0.39, 0.29) is 18.5 Å². The molecule has 5 nitrogen and oxygen atoms in total. The van der Waals surface area contributed by atoms with Crippen molar-refractivity contribution < 1.29 is 14.7 Å². The molecule has 0 aliphatic heterocycles. The van der Waals surface area contributed by atoms with Crippen LogP contribution in [-0.4, -0.2) is 47.6 Å². The standard InChI is InChI=1S/C13H26N2O3/c1-4-6-7-8-14-13(18)11(3)15(9-5-2)10-12(16)17/h11H,4-10H2,1-3H3,(H,14,18)(H,16,17). The van der Waals surface area contributed by atoms with Crippen LogP contribution >= 0.6 is 0 Å². The second-order valence-corrected chi connectivity index (χ2v) is 4.54. The van der Waals surface area contributed by atoms with Crippen LogP contribution in [0.5, 0.6) is 0 Å². The van der Waals surface area contributed by atoms with Crippen LogP contribution < -0.4 is 5.32 Å². The van der Waals surface area contributed by atoms with Crippen molar-refractivity contribution >= 4 is 11.9 Å². The first-order valence-electron chi connectivity index (χ1n) is 6.76. The Hall–Kier alpha value is -1.10. The molecule has 0 saturated heterocycles. The number of unbranched alkanes of at least 4 members (excludes halogenated alkanes) is 2. The lowest BCUT2D eigenvalue weighted by atomic mass is 10.2. The Balaban J connectivity index is 4.15. The Morgan fingerprint density at radius 2 is 1.89 bits per heavy atom. The van der Waals surface area contributed by atoms with Crippen LogP contribution in [0.2, 0.25) is 0 Å². The fraction of sp³-hybridized carbons (Fsp3) is 0.846. The highest BCUT2D eigenvalue weighted by molar-refractivity contribution is 5.82. The van der Waals surface area contributed by atoms with Gasteiger partial charge < -0.3 is 10.4 Å². The van der Waals surface area contributed by atoms with E-state index in [2.05, 4.69) is 12.2 Å². The third-order valence-electron chi connectivity index (χ3n) is 2.86. The van der Waals surface area contributed by atoms with Crippen LogP contribution in [0.1, 0.15) is 46.5 Å². The predicted octanol–water partition coefficient (Wildman–Crippen LogP) is 1.48. The molecule has 0 aromatic carbocycles. The minimum atomic E-state index is -0.894. The summed E-state index contributed by atoms with van der Waals surface area (Å²) in [6.07, 6.45) is 4.03. The summed E-state index contributed by atoms with van der Waals surface area (Å²) in [5, 5.41) is 11.7. The molecule has 106 valence electrons. The molecule has 0 bridgehead atoms. The van der Waals surface area contributed by atoms with Gasteiger partial charge >= 0.3 is 5.97 Å². The van der Waals surface area contributed by atoms with Gasteiger partial charge in [0.25, 0.3) is 0 Å². The van der Waals surface area contributed by atoms with E-state index < -0.39 is 5.97 Å². The molecule has 0 aromatic rings. The molecule has 0 saturated carbocycles. The number of carbonyl (C=O) groups excluding carboxylic acids is 1. The summed E-state index contributed by atoms with van der Waals surface area (Å²) < 4.78 is 0. The minimum absolute atomic E-state index is 0.0826. The van der Waals surface area contributed by atoms with Crippen molar-refractivity contribution in [3.63, 3.8) is 0 Å². The molecule has 2 N–H and O–H groups in total. The molecule has 0 aliphatic carbocycles. The maximum atomic E-state index is 11.9. The summed E-state index contributed by atoms with van der Waals surface area (Å²) >= 11 is 0. The summed E-state index contributed by atoms with van der Waals surface area (Å²) in [6.45, 7) is 7.05. The topological polar surface area (TPSA) is 69.6 Å². The van der Waals surface area contributed by atoms with Gasteiger partial charge in [-0.2, -0.15) is 0 Å². The number of aliphatic carboxylic acids is 1. The highest BCUT2D eigenvalue weighted by atomic mass is 16.4. The summed E-state index contributed by atoms with van der Waals surface area (Å²) in [5.74, 6) is -0.977. The second kappa shape index (κ2) is 9.88. The summed E-state index contributed by atoms with van der Waals surface area (Å²) in [6, 6.07) is -0.386. The lowest BCUT2D eigenvalue weighted by molar-refractivity contribution is -0.139. The first kappa shape index (κ1) is 16.9. The van der Waals surface area contributed by atoms with Crippen LogP contribution in [-0.2, 0) is 9.59 Å². The number of amides is 1. The molecule has 0 fully saturated rings. The normalized spacial score (nSPS) is 12.4. The average molecular weight is 258 g/mol. The number of nitrogens with one attached hydrogen (secondary N) is 1. The van der Waals surface area contributed by atoms with Crippen molar-refractivity contribution in [1.29, 1.82) is 0 Å². The first-order valence-corrected chi connectivity index (χ1v) is 6.76. The highest BCUT2D eigenvalue weighted by Gasteiger charge is 2.21. The smallest absolute Gasteiger partial charge is 0.317 e. The summed E-state index contributed by atoms with van der Waals surface area (Å²) in [4.78, 5) is 24.3. The Kier molecular flexibility index (Phi) is 9.28. The van der Waals surface area contributed by atoms with Crippen molar-refractivity contribution in [2.24, 2.45) is 0 Å². The van der Waals surface area contributed by atoms with Crippen LogP contribution in [0.4, 0.5) is 0 Å². The van der Waals surface area contributed by atoms with Crippen molar-refractivity contribution in [3.8, 4) is 0 Å². The van der Waals surface area contributed by atoms with E-state index in [0.29, 0.717) is 13.1 Å². The summed E-state index contributed by atoms with van der Waals surface area (Å²) in [7, 11) is 0. The van der Waals surface area contributed by atoms with Gasteiger partial charge in [-0.1, -0.05) is 26.7 Å². The molecular weight excluding hydrogens is 232 g/mol. The van der Waals surface area contributed by atoms with Gasteiger partial charge in [0.2, 0.25) is 5.91 Å². The van der Waals surface area contributed by atoms with E-state index in [1.165, 1.54) is 0 Å². The molecular formula is C13H26N2O3. The molecule has 1 amide bonds. The second-order valence-electron chi connectivity index (χ2n) is 4.54. The SMILES string of the molecule is CCCCCNC(=O)C(C)N(CCC)CC(=O)O. The number of carboxylic acid groups (broad SMARTS) is 1. The zero-order chi connectivity index (χ0) is 14.0. The van der Waals surface area contributed by atoms with E-state index in [9.17, 15) is 9.59 Å². The number of hydrogen-bond acceptors (Lipinski definition) is 3. The Morgan fingerprint density at radius 3 is 2.39 bits per heavy atom. The zero-order valence-electron chi connectivity index (χ0n) is 11.7. The van der Waals surface area contributed by atoms with Gasteiger partial charge in [-0.05, 0) is 26.3 Å². The number of nitrogens with zero attached hydrogens (tertiary/aromatic N) is 1. The molecule has 0 aromatic heterocycles. The number of carboxylic acids is 1. The van der Waals surface area contributed by atoms with Crippen molar-refractivity contribution in [3.05, 3.63) is 0 Å². The van der Waals surface area contributed by atoms with Gasteiger partial charge in [0.1, 0.15) is 0 Å². The predicted molar refractivity (Wildman–Crippen MR) is 71.5 cm³/mol. The quantitative estimate of drug-likeness (QED) is 0.582. The summed E-state index contributed by atoms with van der Waals surface area (Å²) in [5.41, 5.74) is 0. The molecule has 0 rings (SSSR count). The van der Waals surface area contributed by atoms with Crippen LogP contribution in [0, 0.1) is 0 Å². The molecule has 1 atom stereocenters. The molecule has 0 heterocycles. The molecule has 0 spiro atoms. The zero-order valence-corrected chi connectivity index (χ0v) is 11.7. The first-order chi connectivity index (χ1) is 8.52. The lowest BCUT2D eigenvalue weighted by Gasteiger charge is -2.26. The fourth-order valence-electron chi connectivity index (χ4n) is 1.77. The van der Waals surface area contributed by atoms with Gasteiger partial charge in [0, 0.05) is 6.54 Å². The molecule has 0 radical (unpaired) electrons. The number of hydrogen-bond donors (Lipinski definition) is 2. The van der Waals surface area contributed by atoms with E-state index >= 15 is 0 Å². The third kappa shape index (κ3) is 7.27. The van der Waals surface area contributed by atoms with Gasteiger partial charge in [0.15, 0.2) is 0 Å². The molecule has 18 heavy (non-hydrogen) atoms. The van der Waals surface area contributed by atoms with Gasteiger partial charge in [0.05, 0.1) is 12.6 Å². The average Bonchev–Trinajstić information content (AvgIpc) is 2.32. The highest BCUT2D eigenvalue weighted by Crippen LogP contribution is 2.01. The fourth-order valence-corrected chi connectivity index (χ4v) is 1.77. The lowest BCUT2D eigenvalue weighted by Crippen LogP contribution is -2.47. The van der Waals surface area contributed by atoms with E-state index in [1.54, 1.807) is 11.8 Å². The maximum absolute atomic E-state index is 11.9. The van der Waals surface area contributed by atoms with Crippen LogP contribution in [0.15, 0.2) is 0 Å². The Labute approximate surface area is 110 Å². The van der Waals surface area contributed by atoms with E-state index in [1.807, 2.05) is 6.92 Å². The number of rotatable bonds is 10. The van der Waals surface area contributed by atoms with Crippen molar-refractivity contribution in [2.45, 2.75) is 52.5 Å². The Morgan fingerprint density at radius 1 is 1.22 bits per heavy atom. The van der Waals surface area contributed by atoms with Crippen molar-refractivity contribution in [2.75, 3.05) is 19.6 Å². The van der Waals surface area contributed by atoms with Gasteiger partial charge in [-0.25, -0.2) is 0 Å². The van der Waals surface area contributed by atoms with Gasteiger partial charge in [-0.3, -0.25) is 14.5 Å². The Bertz CT molecular complexity index is 257.